The van der Waals surface area contributed by atoms with Crippen LogP contribution in [-0.4, -0.2) is 4.57 Å². The van der Waals surface area contributed by atoms with Crippen molar-refractivity contribution < 1.29 is 9.90 Å². The third-order valence-electron chi connectivity index (χ3n) is 12.9. The minimum atomic E-state index is -0.154. The van der Waals surface area contributed by atoms with Gasteiger partial charge in [0.15, 0.2) is 0 Å². The largest absolute Gasteiger partial charge is 0.455 e. The summed E-state index contributed by atoms with van der Waals surface area (Å²) in [5.41, 5.74) is 10.7. The summed E-state index contributed by atoms with van der Waals surface area (Å²) in [6, 6.07) is 73.4. The van der Waals surface area contributed by atoms with Crippen LogP contribution in [0.1, 0.15) is 5.48 Å². The maximum atomic E-state index is 9.86. The predicted octanol–water partition coefficient (Wildman–Crippen LogP) is 17.5. The van der Waals surface area contributed by atoms with Crippen LogP contribution in [0.3, 0.4) is 0 Å². The van der Waals surface area contributed by atoms with Gasteiger partial charge in [0.2, 0.25) is 0 Å². The number of hydrogen-bond donors (Lipinski definition) is 0. The molecular formula is C62H40N2O. The summed E-state index contributed by atoms with van der Waals surface area (Å²) in [7, 11) is 0. The highest BCUT2D eigenvalue weighted by molar-refractivity contribution is 6.18. The molecule has 0 aliphatic heterocycles. The second-order valence-corrected chi connectivity index (χ2v) is 16.5. The summed E-state index contributed by atoms with van der Waals surface area (Å²) in [6.45, 7) is 0. The van der Waals surface area contributed by atoms with Crippen molar-refractivity contribution in [1.29, 1.82) is 0 Å². The molecule has 0 saturated heterocycles. The Morgan fingerprint density at radius 3 is 1.63 bits per heavy atom. The van der Waals surface area contributed by atoms with Crippen molar-refractivity contribution in [3.63, 3.8) is 0 Å². The summed E-state index contributed by atoms with van der Waals surface area (Å²) < 4.78 is 48.2. The van der Waals surface area contributed by atoms with Crippen LogP contribution in [0.4, 0.5) is 17.1 Å². The lowest BCUT2D eigenvalue weighted by Gasteiger charge is -2.28. The molecule has 0 unspecified atom stereocenters. The van der Waals surface area contributed by atoms with Crippen LogP contribution in [-0.2, 0) is 0 Å². The van der Waals surface area contributed by atoms with Gasteiger partial charge in [-0.1, -0.05) is 182 Å². The van der Waals surface area contributed by atoms with Gasteiger partial charge in [-0.05, 0) is 99.0 Å². The van der Waals surface area contributed by atoms with E-state index in [1.807, 2.05) is 102 Å². The van der Waals surface area contributed by atoms with E-state index < -0.39 is 0 Å². The zero-order valence-corrected chi connectivity index (χ0v) is 35.1. The molecule has 2 aromatic heterocycles. The lowest BCUT2D eigenvalue weighted by Crippen LogP contribution is -2.11. The molecule has 0 atom stereocenters. The molecule has 11 aromatic carbocycles. The van der Waals surface area contributed by atoms with Gasteiger partial charge in [0, 0.05) is 55.1 Å². The quantitative estimate of drug-likeness (QED) is 0.160. The van der Waals surface area contributed by atoms with Crippen molar-refractivity contribution in [2.24, 2.45) is 0 Å². The molecule has 0 spiro atoms. The summed E-state index contributed by atoms with van der Waals surface area (Å²) in [6.07, 6.45) is 0. The van der Waals surface area contributed by atoms with Gasteiger partial charge in [-0.25, -0.2) is 0 Å². The first kappa shape index (κ1) is 33.0. The highest BCUT2D eigenvalue weighted by Gasteiger charge is 2.22. The topological polar surface area (TPSA) is 21.3 Å². The average Bonchev–Trinajstić information content (AvgIpc) is 3.96. The minimum Gasteiger partial charge on any atom is -0.455 e. The fourth-order valence-corrected chi connectivity index (χ4v) is 9.83. The second-order valence-electron chi connectivity index (χ2n) is 16.5. The summed E-state index contributed by atoms with van der Waals surface area (Å²) >= 11 is 0. The Morgan fingerprint density at radius 2 is 0.877 bits per heavy atom. The van der Waals surface area contributed by atoms with Crippen molar-refractivity contribution >= 4 is 82.4 Å². The van der Waals surface area contributed by atoms with Gasteiger partial charge in [-0.3, -0.25) is 0 Å². The molecule has 13 aromatic rings. The van der Waals surface area contributed by atoms with Gasteiger partial charge < -0.3 is 13.9 Å². The third-order valence-corrected chi connectivity index (χ3v) is 12.9. The molecule has 0 amide bonds. The van der Waals surface area contributed by atoms with E-state index in [4.69, 9.17) is 4.42 Å². The molecule has 0 saturated carbocycles. The van der Waals surface area contributed by atoms with Crippen LogP contribution in [0.5, 0.6) is 0 Å². The highest BCUT2D eigenvalue weighted by Crippen LogP contribution is 2.46. The molecule has 0 aliphatic rings. The number of aromatic nitrogens is 1. The highest BCUT2D eigenvalue weighted by atomic mass is 16.3. The van der Waals surface area contributed by atoms with E-state index in [2.05, 4.69) is 126 Å². The number of benzene rings is 11. The molecular weight excluding hydrogens is 789 g/mol. The smallest absolute Gasteiger partial charge is 0.143 e. The molecule has 2 heterocycles. The molecule has 304 valence electrons. The molecule has 0 radical (unpaired) electrons. The standard InChI is InChI=1S/C62H40N2O/c1-3-16-49-43(13-1)15-11-21-50(49)45-29-27-41(28-30-45)42-31-34-46(35-32-42)63(47-36-38-48(39-37-47)64-59-25-9-5-18-52(59)53-19-6-10-26-60(53)64)58-24-8-7-20-54(58)55-22-12-23-56-57-40-33-44-14-2-4-17-51(44)61(57)65-62(55)56/h1-40H/i31D,32D,34D,35D. The Bertz CT molecular complexity index is 4100. The Kier molecular flexibility index (Phi) is 7.61. The number of hydrogen-bond acceptors (Lipinski definition) is 2. The predicted molar refractivity (Wildman–Crippen MR) is 274 cm³/mol. The van der Waals surface area contributed by atoms with Gasteiger partial charge in [0.05, 0.1) is 22.2 Å². The van der Waals surface area contributed by atoms with E-state index in [0.29, 0.717) is 16.9 Å². The summed E-state index contributed by atoms with van der Waals surface area (Å²) in [4.78, 5) is 1.88. The van der Waals surface area contributed by atoms with E-state index in [-0.39, 0.29) is 35.4 Å². The first-order valence-electron chi connectivity index (χ1n) is 23.9. The number of rotatable bonds is 7. The summed E-state index contributed by atoms with van der Waals surface area (Å²) in [5.74, 6) is 0. The molecule has 3 nitrogen and oxygen atoms in total. The number of fused-ring (bicyclic) bond motifs is 9. The Hall–Kier alpha value is -8.66. The van der Waals surface area contributed by atoms with Crippen LogP contribution in [0.25, 0.3) is 104 Å². The number of furan rings is 1. The number of anilines is 3. The lowest BCUT2D eigenvalue weighted by molar-refractivity contribution is 0.674. The normalized spacial score (nSPS) is 12.6. The average molecular weight is 833 g/mol. The third kappa shape index (κ3) is 6.05. The molecule has 0 bridgehead atoms. The van der Waals surface area contributed by atoms with Crippen LogP contribution in [0.15, 0.2) is 247 Å². The van der Waals surface area contributed by atoms with Gasteiger partial charge in [0.1, 0.15) is 11.2 Å². The van der Waals surface area contributed by atoms with Gasteiger partial charge in [-0.2, -0.15) is 0 Å². The second kappa shape index (κ2) is 15.0. The van der Waals surface area contributed by atoms with Crippen LogP contribution in [0.2, 0.25) is 0 Å². The van der Waals surface area contributed by atoms with Crippen molar-refractivity contribution in [2.45, 2.75) is 0 Å². The van der Waals surface area contributed by atoms with Gasteiger partial charge in [-0.15, -0.1) is 0 Å². The first-order valence-corrected chi connectivity index (χ1v) is 21.9. The van der Waals surface area contributed by atoms with Crippen molar-refractivity contribution in [3.8, 4) is 39.1 Å². The van der Waals surface area contributed by atoms with Crippen LogP contribution >= 0.6 is 0 Å². The van der Waals surface area contributed by atoms with Crippen LogP contribution in [0, 0.1) is 0 Å². The van der Waals surface area contributed by atoms with E-state index in [9.17, 15) is 5.48 Å². The molecule has 0 N–H and O–H groups in total. The zero-order valence-electron chi connectivity index (χ0n) is 39.1. The van der Waals surface area contributed by atoms with E-state index in [0.717, 1.165) is 93.2 Å². The van der Waals surface area contributed by atoms with Crippen LogP contribution < -0.4 is 4.90 Å². The monoisotopic (exact) mass is 832 g/mol. The molecule has 3 heteroatoms. The maximum Gasteiger partial charge on any atom is 0.143 e. The Balaban J connectivity index is 1.00. The number of nitrogens with zero attached hydrogens (tertiary/aromatic N) is 2. The lowest BCUT2D eigenvalue weighted by atomic mass is 9.96. The maximum absolute atomic E-state index is 9.86. The molecule has 0 aliphatic carbocycles. The van der Waals surface area contributed by atoms with E-state index >= 15 is 0 Å². The summed E-state index contributed by atoms with van der Waals surface area (Å²) in [5, 5.41) is 8.71. The first-order chi connectivity index (χ1) is 33.9. The molecule has 65 heavy (non-hydrogen) atoms. The van der Waals surface area contributed by atoms with Crippen molar-refractivity contribution in [3.05, 3.63) is 243 Å². The fraction of sp³-hybridized carbons (Fsp3) is 0. The van der Waals surface area contributed by atoms with Crippen molar-refractivity contribution in [2.75, 3.05) is 4.90 Å². The SMILES string of the molecule is [2H]c1c([2H])c(N(c2ccc(-n3c4ccccc4c4ccccc43)cc2)c2ccccc2-c2cccc3c2oc2c4ccccc4ccc32)c([2H])c([2H])c1-c1ccc(-c2cccc3ccccc23)cc1. The van der Waals surface area contributed by atoms with Gasteiger partial charge >= 0.3 is 0 Å². The van der Waals surface area contributed by atoms with Crippen molar-refractivity contribution in [1.82, 2.24) is 4.57 Å². The van der Waals surface area contributed by atoms with E-state index in [1.165, 1.54) is 0 Å². The van der Waals surface area contributed by atoms with Gasteiger partial charge in [0.25, 0.3) is 0 Å². The fourth-order valence-electron chi connectivity index (χ4n) is 9.83. The Morgan fingerprint density at radius 1 is 0.338 bits per heavy atom. The van der Waals surface area contributed by atoms with E-state index in [1.54, 1.807) is 0 Å². The zero-order chi connectivity index (χ0) is 46.3. The molecule has 0 fully saturated rings. The Labute approximate surface area is 381 Å². The molecule has 13 rings (SSSR count). The minimum absolute atomic E-state index is 0.125. The number of para-hydroxylation sites is 4.